The number of fused-ring (bicyclic) bond motifs is 1. The largest absolute Gasteiger partial charge is 0.300 e. The van der Waals surface area contributed by atoms with Gasteiger partial charge >= 0.3 is 0 Å². The van der Waals surface area contributed by atoms with Crippen LogP contribution in [-0.2, 0) is 0 Å². The highest BCUT2D eigenvalue weighted by Crippen LogP contribution is 2.28. The molecule has 2 rings (SSSR count). The third-order valence-corrected chi connectivity index (χ3v) is 3.04. The molecule has 0 aromatic rings. The summed E-state index contributed by atoms with van der Waals surface area (Å²) in [5, 5.41) is 0. The van der Waals surface area contributed by atoms with Crippen molar-refractivity contribution in [2.75, 3.05) is 13.1 Å². The number of hydrogen-bond acceptors (Lipinski definition) is 1. The molecule has 1 heteroatoms. The van der Waals surface area contributed by atoms with Gasteiger partial charge in [-0.25, -0.2) is 0 Å². The molecule has 0 N–H and O–H groups in total. The summed E-state index contributed by atoms with van der Waals surface area (Å²) in [4.78, 5) is 2.69. The maximum absolute atomic E-state index is 2.69. The van der Waals surface area contributed by atoms with E-state index in [4.69, 9.17) is 0 Å². The Labute approximate surface area is 63.4 Å². The molecule has 0 spiro atoms. The van der Waals surface area contributed by atoms with Gasteiger partial charge in [-0.2, -0.15) is 0 Å². The molecule has 0 aromatic heterocycles. The maximum Gasteiger partial charge on any atom is 0.00959 e. The molecule has 2 saturated heterocycles. The van der Waals surface area contributed by atoms with Gasteiger partial charge in [0.15, 0.2) is 0 Å². The minimum absolute atomic E-state index is 0.967. The van der Waals surface area contributed by atoms with Crippen molar-refractivity contribution in [3.05, 3.63) is 0 Å². The lowest BCUT2D eigenvalue weighted by Crippen LogP contribution is -2.37. The molecule has 1 nitrogen and oxygen atoms in total. The van der Waals surface area contributed by atoms with Crippen molar-refractivity contribution in [1.82, 2.24) is 4.90 Å². The lowest BCUT2D eigenvalue weighted by molar-refractivity contribution is 0.156. The van der Waals surface area contributed by atoms with Gasteiger partial charge < -0.3 is 4.90 Å². The Kier molecular flexibility index (Phi) is 1.69. The van der Waals surface area contributed by atoms with Crippen LogP contribution in [0, 0.1) is 5.92 Å². The molecule has 10 heavy (non-hydrogen) atoms. The molecule has 0 aliphatic carbocycles. The number of rotatable bonds is 0. The van der Waals surface area contributed by atoms with Crippen LogP contribution < -0.4 is 0 Å². The van der Waals surface area contributed by atoms with E-state index < -0.39 is 0 Å². The van der Waals surface area contributed by atoms with E-state index in [-0.39, 0.29) is 0 Å². The van der Waals surface area contributed by atoms with Crippen LogP contribution in [0.4, 0.5) is 0 Å². The van der Waals surface area contributed by atoms with Crippen LogP contribution in [0.2, 0.25) is 0 Å². The predicted molar refractivity (Wildman–Crippen MR) is 43.0 cm³/mol. The van der Waals surface area contributed by atoms with Gasteiger partial charge in [-0.3, -0.25) is 0 Å². The Morgan fingerprint density at radius 1 is 1.20 bits per heavy atom. The Balaban J connectivity index is 1.96. The summed E-state index contributed by atoms with van der Waals surface area (Å²) < 4.78 is 0. The Morgan fingerprint density at radius 2 is 2.10 bits per heavy atom. The van der Waals surface area contributed by atoms with Crippen molar-refractivity contribution in [2.24, 2.45) is 5.92 Å². The summed E-state index contributed by atoms with van der Waals surface area (Å²) in [5.74, 6) is 0.967. The maximum atomic E-state index is 2.69. The third kappa shape index (κ3) is 1.07. The van der Waals surface area contributed by atoms with E-state index in [1.54, 1.807) is 0 Å². The standard InChI is InChI=1S/C9H17N/c1-8-4-5-9-3-2-6-10(9)7-8/h8-9H,2-7H2,1H3/t8-,9+/m0/s1. The molecule has 0 saturated carbocycles. The average Bonchev–Trinajstić information content (AvgIpc) is 2.33. The van der Waals surface area contributed by atoms with Crippen LogP contribution in [0.15, 0.2) is 0 Å². The number of hydrogen-bond donors (Lipinski definition) is 0. The highest BCUT2D eigenvalue weighted by Gasteiger charge is 2.29. The summed E-state index contributed by atoms with van der Waals surface area (Å²) >= 11 is 0. The molecule has 58 valence electrons. The van der Waals surface area contributed by atoms with Gasteiger partial charge in [0.05, 0.1) is 0 Å². The predicted octanol–water partition coefficient (Wildman–Crippen LogP) is 1.88. The summed E-state index contributed by atoms with van der Waals surface area (Å²) in [6, 6.07) is 0.983. The molecule has 0 amide bonds. The van der Waals surface area contributed by atoms with Crippen molar-refractivity contribution in [1.29, 1.82) is 0 Å². The second-order valence-electron chi connectivity index (χ2n) is 3.97. The minimum Gasteiger partial charge on any atom is -0.300 e. The summed E-state index contributed by atoms with van der Waals surface area (Å²) in [5.41, 5.74) is 0. The first-order valence-corrected chi connectivity index (χ1v) is 4.60. The fourth-order valence-electron chi connectivity index (χ4n) is 2.43. The second kappa shape index (κ2) is 2.54. The molecular weight excluding hydrogens is 122 g/mol. The van der Waals surface area contributed by atoms with E-state index in [0.29, 0.717) is 0 Å². The molecule has 2 fully saturated rings. The summed E-state index contributed by atoms with van der Waals surface area (Å²) in [7, 11) is 0. The van der Waals surface area contributed by atoms with E-state index >= 15 is 0 Å². The van der Waals surface area contributed by atoms with Gasteiger partial charge in [-0.05, 0) is 38.1 Å². The van der Waals surface area contributed by atoms with Crippen LogP contribution in [0.3, 0.4) is 0 Å². The van der Waals surface area contributed by atoms with E-state index in [0.717, 1.165) is 12.0 Å². The lowest BCUT2D eigenvalue weighted by atomic mass is 9.95. The van der Waals surface area contributed by atoms with Gasteiger partial charge in [0.1, 0.15) is 0 Å². The molecule has 0 unspecified atom stereocenters. The van der Waals surface area contributed by atoms with Crippen LogP contribution in [0.1, 0.15) is 32.6 Å². The quantitative estimate of drug-likeness (QED) is 0.495. The highest BCUT2D eigenvalue weighted by atomic mass is 15.2. The molecule has 0 radical (unpaired) electrons. The van der Waals surface area contributed by atoms with Gasteiger partial charge in [-0.15, -0.1) is 0 Å². The van der Waals surface area contributed by atoms with Crippen LogP contribution >= 0.6 is 0 Å². The fourth-order valence-corrected chi connectivity index (χ4v) is 2.43. The zero-order valence-corrected chi connectivity index (χ0v) is 6.84. The van der Waals surface area contributed by atoms with Crippen LogP contribution in [0.5, 0.6) is 0 Å². The van der Waals surface area contributed by atoms with Crippen molar-refractivity contribution in [2.45, 2.75) is 38.6 Å². The molecule has 0 bridgehead atoms. The van der Waals surface area contributed by atoms with Gasteiger partial charge in [0.25, 0.3) is 0 Å². The number of nitrogens with zero attached hydrogens (tertiary/aromatic N) is 1. The van der Waals surface area contributed by atoms with Crippen LogP contribution in [-0.4, -0.2) is 24.0 Å². The lowest BCUT2D eigenvalue weighted by Gasteiger charge is -2.33. The van der Waals surface area contributed by atoms with Gasteiger partial charge in [0, 0.05) is 12.6 Å². The van der Waals surface area contributed by atoms with Crippen molar-refractivity contribution in [3.63, 3.8) is 0 Å². The second-order valence-corrected chi connectivity index (χ2v) is 3.97. The first-order valence-electron chi connectivity index (χ1n) is 4.60. The van der Waals surface area contributed by atoms with E-state index in [2.05, 4.69) is 11.8 Å². The molecule has 2 heterocycles. The van der Waals surface area contributed by atoms with E-state index in [9.17, 15) is 0 Å². The SMILES string of the molecule is C[C@H]1CC[C@H]2CCCN2C1. The Hall–Kier alpha value is -0.0400. The summed E-state index contributed by atoms with van der Waals surface area (Å²) in [6.07, 6.45) is 5.88. The fraction of sp³-hybridized carbons (Fsp3) is 1.00. The van der Waals surface area contributed by atoms with E-state index in [1.165, 1.54) is 38.8 Å². The number of piperidine rings is 1. The van der Waals surface area contributed by atoms with Crippen molar-refractivity contribution in [3.8, 4) is 0 Å². The third-order valence-electron chi connectivity index (χ3n) is 3.04. The zero-order valence-electron chi connectivity index (χ0n) is 6.84. The molecule has 2 atom stereocenters. The van der Waals surface area contributed by atoms with Gasteiger partial charge in [-0.1, -0.05) is 6.92 Å². The zero-order chi connectivity index (χ0) is 6.97. The van der Waals surface area contributed by atoms with E-state index in [1.807, 2.05) is 0 Å². The monoisotopic (exact) mass is 139 g/mol. The first kappa shape index (κ1) is 6.66. The highest BCUT2D eigenvalue weighted by molar-refractivity contribution is 4.84. The average molecular weight is 139 g/mol. The molecule has 0 aromatic carbocycles. The molecule has 2 aliphatic rings. The first-order chi connectivity index (χ1) is 4.86. The molecular formula is C9H17N. The van der Waals surface area contributed by atoms with Crippen molar-refractivity contribution >= 4 is 0 Å². The molecule has 2 aliphatic heterocycles. The summed E-state index contributed by atoms with van der Waals surface area (Å²) in [6.45, 7) is 5.15. The Bertz CT molecular complexity index is 122. The minimum atomic E-state index is 0.967. The smallest absolute Gasteiger partial charge is 0.00959 e. The van der Waals surface area contributed by atoms with Crippen LogP contribution in [0.25, 0.3) is 0 Å². The normalized spacial score (nSPS) is 41.7. The topological polar surface area (TPSA) is 3.24 Å². The Morgan fingerprint density at radius 3 is 3.00 bits per heavy atom. The van der Waals surface area contributed by atoms with Crippen molar-refractivity contribution < 1.29 is 0 Å². The van der Waals surface area contributed by atoms with Gasteiger partial charge in [0.2, 0.25) is 0 Å².